The van der Waals surface area contributed by atoms with Crippen molar-refractivity contribution in [3.05, 3.63) is 41.5 Å². The molecule has 0 aromatic heterocycles. The molecule has 0 aliphatic rings. The van der Waals surface area contributed by atoms with Gasteiger partial charge in [0.1, 0.15) is 0 Å². The predicted molar refractivity (Wildman–Crippen MR) is 72.0 cm³/mol. The monoisotopic (exact) mass is 402 g/mol. The summed E-state index contributed by atoms with van der Waals surface area (Å²) in [6.07, 6.45) is 3.83. The van der Waals surface area contributed by atoms with Gasteiger partial charge in [-0.3, -0.25) is 0 Å². The first kappa shape index (κ1) is 11.4. The fourth-order valence-electron chi connectivity index (χ4n) is 1.08. The molecule has 0 heterocycles. The highest BCUT2D eigenvalue weighted by Gasteiger charge is 2.25. The minimum absolute atomic E-state index is 0.717. The Morgan fingerprint density at radius 2 is 1.92 bits per heavy atom. The molecule has 0 atom stereocenters. The first-order chi connectivity index (χ1) is 6.05. The van der Waals surface area contributed by atoms with Gasteiger partial charge in [-0.15, -0.1) is 0 Å². The van der Waals surface area contributed by atoms with Crippen LogP contribution in [0.3, 0.4) is 0 Å². The lowest BCUT2D eigenvalue weighted by molar-refractivity contribution is 0.469. The number of rotatable bonds is 2. The van der Waals surface area contributed by atoms with Crippen molar-refractivity contribution in [3.8, 4) is 0 Å². The van der Waals surface area contributed by atoms with Gasteiger partial charge in [-0.2, -0.15) is 0 Å². The van der Waals surface area contributed by atoms with Crippen LogP contribution in [0.4, 0.5) is 4.39 Å². The van der Waals surface area contributed by atoms with E-state index in [4.69, 9.17) is 0 Å². The third-order valence-corrected chi connectivity index (χ3v) is 2.77. The Hall–Kier alpha value is 0.350. The van der Waals surface area contributed by atoms with Crippen molar-refractivity contribution in [3.63, 3.8) is 0 Å². The molecule has 1 rings (SSSR count). The average Bonchev–Trinajstić information content (AvgIpc) is 2.04. The van der Waals surface area contributed by atoms with E-state index >= 15 is 0 Å². The highest BCUT2D eigenvalue weighted by atomic mass is 127. The summed E-state index contributed by atoms with van der Waals surface area (Å²) in [6, 6.07) is 7.50. The zero-order chi connectivity index (χ0) is 9.90. The molecule has 0 saturated carbocycles. The first-order valence-corrected chi connectivity index (χ1v) is 6.00. The number of hydrogen-bond donors (Lipinski definition) is 0. The van der Waals surface area contributed by atoms with E-state index < -0.39 is 1.68 Å². The Morgan fingerprint density at radius 1 is 1.31 bits per heavy atom. The van der Waals surface area contributed by atoms with E-state index in [2.05, 4.69) is 0 Å². The van der Waals surface area contributed by atoms with E-state index in [1.807, 2.05) is 43.3 Å². The second kappa shape index (κ2) is 4.72. The Balaban J connectivity index is 3.20. The van der Waals surface area contributed by atoms with Crippen LogP contribution < -0.4 is 0 Å². The summed E-state index contributed by atoms with van der Waals surface area (Å²) in [6.45, 7) is 1.93. The van der Waals surface area contributed by atoms with Crippen LogP contribution in [0, 0.1) is 0 Å². The van der Waals surface area contributed by atoms with Gasteiger partial charge in [0.2, 0.25) is 1.68 Å². The predicted octanol–water partition coefficient (Wildman–Crippen LogP) is 4.67. The Labute approximate surface area is 105 Å². The molecule has 0 unspecified atom stereocenters. The normalized spacial score (nSPS) is 12.3. The van der Waals surface area contributed by atoms with Gasteiger partial charge < -0.3 is 0 Å². The number of halogens is 3. The van der Waals surface area contributed by atoms with Crippen molar-refractivity contribution in [2.24, 2.45) is 0 Å². The third-order valence-electron chi connectivity index (χ3n) is 1.61. The smallest absolute Gasteiger partial charge is 0.215 e. The van der Waals surface area contributed by atoms with Gasteiger partial charge in [-0.05, 0) is 57.7 Å². The minimum atomic E-state index is -1.33. The highest BCUT2D eigenvalue weighted by Crippen LogP contribution is 2.42. The maximum atomic E-state index is 13.6. The van der Waals surface area contributed by atoms with E-state index in [0.29, 0.717) is 5.56 Å². The summed E-state index contributed by atoms with van der Waals surface area (Å²) in [4.78, 5) is 0. The van der Waals surface area contributed by atoms with E-state index in [9.17, 15) is 4.39 Å². The molecule has 70 valence electrons. The van der Waals surface area contributed by atoms with E-state index in [-0.39, 0.29) is 0 Å². The summed E-state index contributed by atoms with van der Waals surface area (Å²) < 4.78 is 12.3. The van der Waals surface area contributed by atoms with Gasteiger partial charge in [-0.25, -0.2) is 4.39 Å². The fraction of sp³-hybridized carbons (Fsp3) is 0.200. The van der Waals surface area contributed by atoms with Crippen LogP contribution in [-0.2, 0) is 1.68 Å². The highest BCUT2D eigenvalue weighted by molar-refractivity contribution is 14.2. The van der Waals surface area contributed by atoms with Crippen LogP contribution >= 0.6 is 45.2 Å². The average molecular weight is 402 g/mol. The summed E-state index contributed by atoms with van der Waals surface area (Å²) in [5.41, 5.74) is 1.66. The summed E-state index contributed by atoms with van der Waals surface area (Å²) in [5, 5.41) is 0. The Kier molecular flexibility index (Phi) is 4.15. The molecule has 13 heavy (non-hydrogen) atoms. The van der Waals surface area contributed by atoms with Crippen molar-refractivity contribution in [2.75, 3.05) is 0 Å². The number of hydrogen-bond acceptors (Lipinski definition) is 0. The van der Waals surface area contributed by atoms with Crippen LogP contribution in [0.5, 0.6) is 0 Å². The molecule has 1 aromatic rings. The molecule has 0 radical (unpaired) electrons. The summed E-state index contributed by atoms with van der Waals surface area (Å²) in [5.74, 6) is 0. The Morgan fingerprint density at radius 3 is 2.46 bits per heavy atom. The first-order valence-electron chi connectivity index (χ1n) is 3.84. The lowest BCUT2D eigenvalue weighted by atomic mass is 10.1. The van der Waals surface area contributed by atoms with Gasteiger partial charge in [0.05, 0.1) is 0 Å². The zero-order valence-corrected chi connectivity index (χ0v) is 11.4. The molecule has 0 spiro atoms. The lowest BCUT2D eigenvalue weighted by Crippen LogP contribution is -2.01. The van der Waals surface area contributed by atoms with Gasteiger partial charge in [0.15, 0.2) is 0 Å². The summed E-state index contributed by atoms with van der Waals surface area (Å²) >= 11 is 3.59. The molecule has 1 aromatic carbocycles. The molecule has 3 heteroatoms. The topological polar surface area (TPSA) is 0 Å². The molecule has 0 aliphatic heterocycles. The van der Waals surface area contributed by atoms with Crippen molar-refractivity contribution in [1.82, 2.24) is 0 Å². The van der Waals surface area contributed by atoms with Gasteiger partial charge >= 0.3 is 0 Å². The molecular weight excluding hydrogens is 393 g/mol. The second-order valence-corrected chi connectivity index (χ2v) is 7.62. The Bertz CT molecular complexity index is 313. The SMILES string of the molecule is C/C=C/c1ccccc1C(F)(I)I. The van der Waals surface area contributed by atoms with E-state index in [0.717, 1.165) is 5.56 Å². The number of alkyl halides is 3. The van der Waals surface area contributed by atoms with Crippen molar-refractivity contribution < 1.29 is 4.39 Å². The third kappa shape index (κ3) is 3.19. The molecule has 0 aliphatic carbocycles. The van der Waals surface area contributed by atoms with E-state index in [1.165, 1.54) is 0 Å². The number of benzene rings is 1. The van der Waals surface area contributed by atoms with Crippen molar-refractivity contribution in [1.29, 1.82) is 0 Å². The van der Waals surface area contributed by atoms with Crippen molar-refractivity contribution in [2.45, 2.75) is 8.61 Å². The molecule has 0 bridgehead atoms. The molecule has 0 nitrogen and oxygen atoms in total. The van der Waals surface area contributed by atoms with Gasteiger partial charge in [-0.1, -0.05) is 36.4 Å². The van der Waals surface area contributed by atoms with Gasteiger partial charge in [0.25, 0.3) is 0 Å². The van der Waals surface area contributed by atoms with E-state index in [1.54, 1.807) is 45.2 Å². The quantitative estimate of drug-likeness (QED) is 0.499. The minimum Gasteiger partial charge on any atom is -0.215 e. The maximum Gasteiger partial charge on any atom is 0.236 e. The molecule has 0 N–H and O–H groups in total. The maximum absolute atomic E-state index is 13.6. The second-order valence-electron chi connectivity index (χ2n) is 2.59. The standard InChI is InChI=1S/C10H9FI2/c1-2-5-8-6-3-4-7-9(8)10(11,12)13/h2-7H,1H3/b5-2+. The van der Waals surface area contributed by atoms with Gasteiger partial charge in [0, 0.05) is 5.56 Å². The van der Waals surface area contributed by atoms with Crippen LogP contribution in [-0.4, -0.2) is 0 Å². The molecule has 0 fully saturated rings. The summed E-state index contributed by atoms with van der Waals surface area (Å²) in [7, 11) is 0. The zero-order valence-electron chi connectivity index (χ0n) is 7.10. The number of allylic oxidation sites excluding steroid dienone is 1. The van der Waals surface area contributed by atoms with Crippen LogP contribution in [0.25, 0.3) is 6.08 Å². The van der Waals surface area contributed by atoms with Crippen molar-refractivity contribution >= 4 is 51.3 Å². The van der Waals surface area contributed by atoms with Crippen LogP contribution in [0.2, 0.25) is 0 Å². The molecule has 0 saturated heterocycles. The largest absolute Gasteiger partial charge is 0.236 e. The van der Waals surface area contributed by atoms with Crippen LogP contribution in [0.1, 0.15) is 18.1 Å². The molecular formula is C10H9FI2. The fourth-order valence-corrected chi connectivity index (χ4v) is 2.06. The lowest BCUT2D eigenvalue weighted by Gasteiger charge is -2.13. The van der Waals surface area contributed by atoms with Crippen LogP contribution in [0.15, 0.2) is 30.3 Å². The molecule has 0 amide bonds.